The Balaban J connectivity index is 1.97. The van der Waals surface area contributed by atoms with E-state index in [-0.39, 0.29) is 18.1 Å². The maximum Gasteiger partial charge on any atom is 0.224 e. The van der Waals surface area contributed by atoms with E-state index in [0.717, 1.165) is 11.3 Å². The van der Waals surface area contributed by atoms with Crippen molar-refractivity contribution >= 4 is 23.2 Å². The Kier molecular flexibility index (Phi) is 5.67. The van der Waals surface area contributed by atoms with Gasteiger partial charge in [-0.25, -0.2) is 0 Å². The van der Waals surface area contributed by atoms with Crippen LogP contribution < -0.4 is 10.1 Å². The van der Waals surface area contributed by atoms with Crippen LogP contribution in [0.25, 0.3) is 0 Å². The molecule has 2 rings (SSSR count). The largest absolute Gasteiger partial charge is 0.506 e. The fourth-order valence-corrected chi connectivity index (χ4v) is 2.25. The number of phenols is 1. The number of anilines is 1. The number of benzene rings is 2. The average Bonchev–Trinajstić information content (AvgIpc) is 2.50. The molecule has 2 aromatic rings. The molecule has 0 bridgehead atoms. The van der Waals surface area contributed by atoms with Gasteiger partial charge in [-0.15, -0.1) is 0 Å². The van der Waals surface area contributed by atoms with Crippen LogP contribution >= 0.6 is 11.6 Å². The lowest BCUT2D eigenvalue weighted by atomic mass is 10.1. The number of amides is 1. The van der Waals surface area contributed by atoms with Gasteiger partial charge in [-0.2, -0.15) is 0 Å². The number of aryl methyl sites for hydroxylation is 1. The van der Waals surface area contributed by atoms with Gasteiger partial charge in [0, 0.05) is 11.4 Å². The third-order valence-electron chi connectivity index (χ3n) is 3.13. The number of ether oxygens (including phenoxy) is 1. The molecule has 2 N–H and O–H groups in total. The topological polar surface area (TPSA) is 58.6 Å². The molecule has 0 aromatic heterocycles. The van der Waals surface area contributed by atoms with Crippen LogP contribution in [-0.2, 0) is 11.2 Å². The predicted octanol–water partition coefficient (Wildman–Crippen LogP) is 4.02. The molecule has 0 saturated heterocycles. The molecular weight excluding hydrogens is 302 g/mol. The highest BCUT2D eigenvalue weighted by atomic mass is 35.5. The Morgan fingerprint density at radius 3 is 2.82 bits per heavy atom. The molecule has 0 spiro atoms. The SMILES string of the molecule is CCOc1ccccc1CCC(=O)Nc1cc(Cl)ccc1O. The summed E-state index contributed by atoms with van der Waals surface area (Å²) in [4.78, 5) is 12.0. The number of para-hydroxylation sites is 1. The van der Waals surface area contributed by atoms with Gasteiger partial charge in [0.2, 0.25) is 5.91 Å². The maximum atomic E-state index is 12.0. The highest BCUT2D eigenvalue weighted by Gasteiger charge is 2.09. The summed E-state index contributed by atoms with van der Waals surface area (Å²) in [6.45, 7) is 2.50. The zero-order valence-corrected chi connectivity index (χ0v) is 13.1. The summed E-state index contributed by atoms with van der Waals surface area (Å²) in [5.74, 6) is 0.597. The molecular formula is C17H18ClNO3. The van der Waals surface area contributed by atoms with E-state index in [1.807, 2.05) is 31.2 Å². The third-order valence-corrected chi connectivity index (χ3v) is 3.36. The molecule has 2 aromatic carbocycles. The van der Waals surface area contributed by atoms with Crippen LogP contribution in [0.1, 0.15) is 18.9 Å². The smallest absolute Gasteiger partial charge is 0.224 e. The number of rotatable bonds is 6. The molecule has 5 heteroatoms. The second kappa shape index (κ2) is 7.71. The van der Waals surface area contributed by atoms with E-state index in [1.54, 1.807) is 6.07 Å². The van der Waals surface area contributed by atoms with Crippen molar-refractivity contribution in [1.82, 2.24) is 0 Å². The van der Waals surface area contributed by atoms with E-state index in [4.69, 9.17) is 16.3 Å². The van der Waals surface area contributed by atoms with Crippen LogP contribution in [0, 0.1) is 0 Å². The van der Waals surface area contributed by atoms with Gasteiger partial charge in [0.05, 0.1) is 12.3 Å². The zero-order chi connectivity index (χ0) is 15.9. The van der Waals surface area contributed by atoms with E-state index < -0.39 is 0 Å². The second-order valence-corrected chi connectivity index (χ2v) is 5.19. The summed E-state index contributed by atoms with van der Waals surface area (Å²) in [6.07, 6.45) is 0.847. The fourth-order valence-electron chi connectivity index (χ4n) is 2.08. The first-order valence-electron chi connectivity index (χ1n) is 7.09. The van der Waals surface area contributed by atoms with Gasteiger partial charge in [-0.3, -0.25) is 4.79 Å². The molecule has 0 aliphatic carbocycles. The maximum absolute atomic E-state index is 12.0. The van der Waals surface area contributed by atoms with Crippen LogP contribution in [0.3, 0.4) is 0 Å². The molecule has 0 heterocycles. The van der Waals surface area contributed by atoms with Crippen molar-refractivity contribution in [2.45, 2.75) is 19.8 Å². The molecule has 0 atom stereocenters. The van der Waals surface area contributed by atoms with E-state index >= 15 is 0 Å². The summed E-state index contributed by atoms with van der Waals surface area (Å²) in [6, 6.07) is 12.2. The van der Waals surface area contributed by atoms with E-state index in [0.29, 0.717) is 23.7 Å². The Labute approximate surface area is 134 Å². The predicted molar refractivity (Wildman–Crippen MR) is 87.7 cm³/mol. The summed E-state index contributed by atoms with van der Waals surface area (Å²) < 4.78 is 5.53. The highest BCUT2D eigenvalue weighted by Crippen LogP contribution is 2.27. The quantitative estimate of drug-likeness (QED) is 0.791. The molecule has 0 unspecified atom stereocenters. The summed E-state index contributed by atoms with van der Waals surface area (Å²) in [7, 11) is 0. The molecule has 0 saturated carbocycles. The Hall–Kier alpha value is -2.20. The summed E-state index contributed by atoms with van der Waals surface area (Å²) >= 11 is 5.85. The summed E-state index contributed by atoms with van der Waals surface area (Å²) in [5, 5.41) is 12.8. The van der Waals surface area contributed by atoms with E-state index in [9.17, 15) is 9.90 Å². The van der Waals surface area contributed by atoms with Crippen LogP contribution in [-0.4, -0.2) is 17.6 Å². The lowest BCUT2D eigenvalue weighted by Gasteiger charge is -2.10. The second-order valence-electron chi connectivity index (χ2n) is 4.75. The molecule has 0 aliphatic heterocycles. The normalized spacial score (nSPS) is 10.3. The zero-order valence-electron chi connectivity index (χ0n) is 12.3. The van der Waals surface area contributed by atoms with Gasteiger partial charge in [0.15, 0.2) is 0 Å². The number of hydrogen-bond donors (Lipinski definition) is 2. The van der Waals surface area contributed by atoms with Crippen LogP contribution in [0.4, 0.5) is 5.69 Å². The minimum absolute atomic E-state index is 0.00698. The minimum atomic E-state index is -0.191. The van der Waals surface area contributed by atoms with Gasteiger partial charge >= 0.3 is 0 Å². The Bertz CT molecular complexity index is 658. The first-order valence-corrected chi connectivity index (χ1v) is 7.47. The van der Waals surface area contributed by atoms with Crippen molar-refractivity contribution in [3.8, 4) is 11.5 Å². The standard InChI is InChI=1S/C17H18ClNO3/c1-2-22-16-6-4-3-5-12(16)7-10-17(21)19-14-11-13(18)8-9-15(14)20/h3-6,8-9,11,20H,2,7,10H2,1H3,(H,19,21). The van der Waals surface area contributed by atoms with Gasteiger partial charge in [0.25, 0.3) is 0 Å². The van der Waals surface area contributed by atoms with Gasteiger partial charge in [0.1, 0.15) is 11.5 Å². The molecule has 1 amide bonds. The van der Waals surface area contributed by atoms with Crippen molar-refractivity contribution in [3.63, 3.8) is 0 Å². The van der Waals surface area contributed by atoms with Gasteiger partial charge in [-0.1, -0.05) is 29.8 Å². The Morgan fingerprint density at radius 1 is 1.27 bits per heavy atom. The number of hydrogen-bond acceptors (Lipinski definition) is 3. The monoisotopic (exact) mass is 319 g/mol. The van der Waals surface area contributed by atoms with E-state index in [2.05, 4.69) is 5.32 Å². The fraction of sp³-hybridized carbons (Fsp3) is 0.235. The molecule has 4 nitrogen and oxygen atoms in total. The van der Waals surface area contributed by atoms with Crippen molar-refractivity contribution in [1.29, 1.82) is 0 Å². The number of aromatic hydroxyl groups is 1. The lowest BCUT2D eigenvalue weighted by Crippen LogP contribution is -2.12. The van der Waals surface area contributed by atoms with Crippen molar-refractivity contribution in [2.24, 2.45) is 0 Å². The lowest BCUT2D eigenvalue weighted by molar-refractivity contribution is -0.116. The molecule has 22 heavy (non-hydrogen) atoms. The van der Waals surface area contributed by atoms with Crippen molar-refractivity contribution in [2.75, 3.05) is 11.9 Å². The molecule has 0 fully saturated rings. The van der Waals surface area contributed by atoms with E-state index in [1.165, 1.54) is 12.1 Å². The number of halogens is 1. The number of phenolic OH excluding ortho intramolecular Hbond substituents is 1. The number of carbonyl (C=O) groups excluding carboxylic acids is 1. The highest BCUT2D eigenvalue weighted by molar-refractivity contribution is 6.31. The molecule has 0 aliphatic rings. The van der Waals surface area contributed by atoms with Crippen molar-refractivity contribution in [3.05, 3.63) is 53.1 Å². The molecule has 116 valence electrons. The van der Waals surface area contributed by atoms with Gasteiger partial charge < -0.3 is 15.2 Å². The number of nitrogens with one attached hydrogen (secondary N) is 1. The molecule has 0 radical (unpaired) electrons. The minimum Gasteiger partial charge on any atom is -0.506 e. The van der Waals surface area contributed by atoms with Gasteiger partial charge in [-0.05, 0) is 43.2 Å². The van der Waals surface area contributed by atoms with Crippen LogP contribution in [0.2, 0.25) is 5.02 Å². The first kappa shape index (κ1) is 16.2. The first-order chi connectivity index (χ1) is 10.6. The van der Waals surface area contributed by atoms with Crippen LogP contribution in [0.5, 0.6) is 11.5 Å². The van der Waals surface area contributed by atoms with Crippen molar-refractivity contribution < 1.29 is 14.6 Å². The average molecular weight is 320 g/mol. The third kappa shape index (κ3) is 4.40. The van der Waals surface area contributed by atoms with Crippen LogP contribution in [0.15, 0.2) is 42.5 Å². The number of carbonyl (C=O) groups is 1. The summed E-state index contributed by atoms with van der Waals surface area (Å²) in [5.41, 5.74) is 1.30. The Morgan fingerprint density at radius 2 is 2.05 bits per heavy atom.